The number of nitrogens with one attached hydrogen (secondary N) is 2. The molecule has 0 aliphatic heterocycles. The number of carbonyl (C=O) groups is 1. The van der Waals surface area contributed by atoms with Crippen molar-refractivity contribution in [3.8, 4) is 5.75 Å². The van der Waals surface area contributed by atoms with Gasteiger partial charge in [0.25, 0.3) is 15.9 Å². The molecule has 1 atom stereocenters. The van der Waals surface area contributed by atoms with Gasteiger partial charge in [-0.05, 0) is 55.8 Å². The van der Waals surface area contributed by atoms with E-state index < -0.39 is 10.0 Å². The third-order valence-corrected chi connectivity index (χ3v) is 5.89. The zero-order valence-corrected chi connectivity index (χ0v) is 17.6. The number of para-hydroxylation sites is 1. The maximum Gasteiger partial charge on any atom is 0.261 e. The summed E-state index contributed by atoms with van der Waals surface area (Å²) in [6, 6.07) is 21.8. The SMILES string of the molecule is CCOc1ccc(C(C)NC(=O)c2ccccc2NS(=O)(=O)c2ccccc2)cc1. The second-order valence-corrected chi connectivity index (χ2v) is 8.34. The van der Waals surface area contributed by atoms with Gasteiger partial charge in [-0.25, -0.2) is 8.42 Å². The number of sulfonamides is 1. The molecule has 3 aromatic rings. The molecule has 6 nitrogen and oxygen atoms in total. The van der Waals surface area contributed by atoms with E-state index in [9.17, 15) is 13.2 Å². The van der Waals surface area contributed by atoms with E-state index in [4.69, 9.17) is 4.74 Å². The monoisotopic (exact) mass is 424 g/mol. The zero-order valence-electron chi connectivity index (χ0n) is 16.8. The molecule has 1 unspecified atom stereocenters. The second kappa shape index (κ2) is 9.45. The number of hydrogen-bond donors (Lipinski definition) is 2. The van der Waals surface area contributed by atoms with Crippen LogP contribution in [-0.2, 0) is 10.0 Å². The summed E-state index contributed by atoms with van der Waals surface area (Å²) in [6.45, 7) is 4.37. The highest BCUT2D eigenvalue weighted by molar-refractivity contribution is 7.92. The number of ether oxygens (including phenoxy) is 1. The van der Waals surface area contributed by atoms with Crippen LogP contribution in [0.1, 0.15) is 35.8 Å². The minimum Gasteiger partial charge on any atom is -0.494 e. The molecule has 30 heavy (non-hydrogen) atoms. The van der Waals surface area contributed by atoms with Crippen LogP contribution >= 0.6 is 0 Å². The molecular weight excluding hydrogens is 400 g/mol. The summed E-state index contributed by atoms with van der Waals surface area (Å²) in [4.78, 5) is 13.0. The minimum atomic E-state index is -3.80. The highest BCUT2D eigenvalue weighted by Gasteiger charge is 2.19. The topological polar surface area (TPSA) is 84.5 Å². The van der Waals surface area contributed by atoms with E-state index in [2.05, 4.69) is 10.0 Å². The van der Waals surface area contributed by atoms with E-state index in [0.717, 1.165) is 11.3 Å². The molecule has 0 radical (unpaired) electrons. The second-order valence-electron chi connectivity index (χ2n) is 6.66. The number of rotatable bonds is 8. The predicted octanol–water partition coefficient (Wildman–Crippen LogP) is 4.38. The Hall–Kier alpha value is -3.32. The number of benzene rings is 3. The lowest BCUT2D eigenvalue weighted by atomic mass is 10.1. The summed E-state index contributed by atoms with van der Waals surface area (Å²) < 4.78 is 33.3. The standard InChI is InChI=1S/C23H24N2O4S/c1-3-29-19-15-13-18(14-16-19)17(2)24-23(26)21-11-7-8-12-22(21)25-30(27,28)20-9-5-4-6-10-20/h4-17,25H,3H2,1-2H3,(H,24,26). The van der Waals surface area contributed by atoms with Crippen LogP contribution in [0.4, 0.5) is 5.69 Å². The Balaban J connectivity index is 1.77. The van der Waals surface area contributed by atoms with Crippen molar-refractivity contribution in [2.45, 2.75) is 24.8 Å². The summed E-state index contributed by atoms with van der Waals surface area (Å²) in [5, 5.41) is 2.92. The van der Waals surface area contributed by atoms with E-state index >= 15 is 0 Å². The summed E-state index contributed by atoms with van der Waals surface area (Å²) in [5.74, 6) is 0.392. The Kier molecular flexibility index (Phi) is 6.74. The molecule has 0 aromatic heterocycles. The van der Waals surface area contributed by atoms with Gasteiger partial charge in [-0.2, -0.15) is 0 Å². The molecule has 0 spiro atoms. The van der Waals surface area contributed by atoms with E-state index in [1.165, 1.54) is 12.1 Å². The first-order valence-corrected chi connectivity index (χ1v) is 11.1. The van der Waals surface area contributed by atoms with Crippen molar-refractivity contribution in [3.63, 3.8) is 0 Å². The molecule has 0 aliphatic carbocycles. The van der Waals surface area contributed by atoms with Gasteiger partial charge in [0.1, 0.15) is 5.75 Å². The Morgan fingerprint density at radius 3 is 2.23 bits per heavy atom. The fraction of sp³-hybridized carbons (Fsp3) is 0.174. The molecule has 0 fully saturated rings. The van der Waals surface area contributed by atoms with Crippen molar-refractivity contribution in [2.24, 2.45) is 0 Å². The number of carbonyl (C=O) groups excluding carboxylic acids is 1. The van der Waals surface area contributed by atoms with E-state index in [1.54, 1.807) is 42.5 Å². The minimum absolute atomic E-state index is 0.128. The van der Waals surface area contributed by atoms with Crippen molar-refractivity contribution in [2.75, 3.05) is 11.3 Å². The van der Waals surface area contributed by atoms with Crippen LogP contribution in [0.2, 0.25) is 0 Å². The molecule has 0 bridgehead atoms. The number of amides is 1. The molecule has 1 amide bonds. The van der Waals surface area contributed by atoms with Crippen LogP contribution in [0.3, 0.4) is 0 Å². The van der Waals surface area contributed by atoms with Crippen LogP contribution in [0.25, 0.3) is 0 Å². The maximum atomic E-state index is 12.9. The largest absolute Gasteiger partial charge is 0.494 e. The van der Waals surface area contributed by atoms with Crippen molar-refractivity contribution >= 4 is 21.6 Å². The van der Waals surface area contributed by atoms with Gasteiger partial charge in [0.05, 0.1) is 28.8 Å². The lowest BCUT2D eigenvalue weighted by Crippen LogP contribution is -2.28. The average molecular weight is 425 g/mol. The molecular formula is C23H24N2O4S. The lowest BCUT2D eigenvalue weighted by molar-refractivity contribution is 0.0941. The third-order valence-electron chi connectivity index (χ3n) is 4.51. The van der Waals surface area contributed by atoms with Crippen molar-refractivity contribution in [3.05, 3.63) is 90.0 Å². The lowest BCUT2D eigenvalue weighted by Gasteiger charge is -2.17. The van der Waals surface area contributed by atoms with E-state index in [0.29, 0.717) is 6.61 Å². The van der Waals surface area contributed by atoms with Crippen molar-refractivity contribution < 1.29 is 17.9 Å². The predicted molar refractivity (Wildman–Crippen MR) is 117 cm³/mol. The van der Waals surface area contributed by atoms with Crippen molar-refractivity contribution in [1.29, 1.82) is 0 Å². The normalized spacial score (nSPS) is 12.1. The van der Waals surface area contributed by atoms with E-state index in [-0.39, 0.29) is 28.1 Å². The van der Waals surface area contributed by atoms with Gasteiger partial charge < -0.3 is 10.1 Å². The Morgan fingerprint density at radius 1 is 0.933 bits per heavy atom. The fourth-order valence-corrected chi connectivity index (χ4v) is 4.05. The summed E-state index contributed by atoms with van der Waals surface area (Å²) in [6.07, 6.45) is 0. The molecule has 0 saturated heterocycles. The van der Waals surface area contributed by atoms with Crippen molar-refractivity contribution in [1.82, 2.24) is 5.32 Å². The van der Waals surface area contributed by atoms with Gasteiger partial charge in [0.2, 0.25) is 0 Å². The van der Waals surface area contributed by atoms with Gasteiger partial charge in [-0.1, -0.05) is 42.5 Å². The van der Waals surface area contributed by atoms with Crippen LogP contribution in [-0.4, -0.2) is 20.9 Å². The zero-order chi connectivity index (χ0) is 21.6. The maximum absolute atomic E-state index is 12.9. The Morgan fingerprint density at radius 2 is 1.57 bits per heavy atom. The first kappa shape index (κ1) is 21.4. The molecule has 3 rings (SSSR count). The molecule has 0 heterocycles. The number of anilines is 1. The van der Waals surface area contributed by atoms with Gasteiger partial charge in [-0.3, -0.25) is 9.52 Å². The Labute approximate surface area is 177 Å². The van der Waals surface area contributed by atoms with Gasteiger partial charge in [-0.15, -0.1) is 0 Å². The summed E-state index contributed by atoms with van der Waals surface area (Å²) >= 11 is 0. The Bertz CT molecular complexity index is 1100. The smallest absolute Gasteiger partial charge is 0.261 e. The average Bonchev–Trinajstić information content (AvgIpc) is 2.75. The molecule has 0 aliphatic rings. The molecule has 156 valence electrons. The fourth-order valence-electron chi connectivity index (χ4n) is 2.95. The van der Waals surface area contributed by atoms with Crippen LogP contribution in [0, 0.1) is 0 Å². The van der Waals surface area contributed by atoms with Gasteiger partial charge >= 0.3 is 0 Å². The van der Waals surface area contributed by atoms with E-state index in [1.807, 2.05) is 38.1 Å². The quantitative estimate of drug-likeness (QED) is 0.562. The first-order valence-electron chi connectivity index (χ1n) is 9.61. The molecule has 2 N–H and O–H groups in total. The van der Waals surface area contributed by atoms with Gasteiger partial charge in [0, 0.05) is 0 Å². The summed E-state index contributed by atoms with van der Waals surface area (Å²) in [5.41, 5.74) is 1.38. The van der Waals surface area contributed by atoms with Crippen LogP contribution in [0.5, 0.6) is 5.75 Å². The third kappa shape index (κ3) is 5.18. The number of hydrogen-bond acceptors (Lipinski definition) is 4. The summed E-state index contributed by atoms with van der Waals surface area (Å²) in [7, 11) is -3.80. The molecule has 7 heteroatoms. The van der Waals surface area contributed by atoms with Crippen LogP contribution < -0.4 is 14.8 Å². The highest BCUT2D eigenvalue weighted by atomic mass is 32.2. The van der Waals surface area contributed by atoms with Crippen LogP contribution in [0.15, 0.2) is 83.8 Å². The molecule has 0 saturated carbocycles. The van der Waals surface area contributed by atoms with Gasteiger partial charge in [0.15, 0.2) is 0 Å². The molecule has 3 aromatic carbocycles. The first-order chi connectivity index (χ1) is 14.4. The highest BCUT2D eigenvalue weighted by Crippen LogP contribution is 2.22.